The predicted molar refractivity (Wildman–Crippen MR) is 64.5 cm³/mol. The topological polar surface area (TPSA) is 81.8 Å². The number of carbonyl (C=O) groups excluding carboxylic acids is 1. The standard InChI is InChI=1S/C12H12N2O4/c1-8-7-18-12(13-8,9(2)15)10-3-5-11(6-4-10)14(16)17/h3-6H,7H2,1-2H3. The Hall–Kier alpha value is -2.08. The largest absolute Gasteiger partial charge is 0.338 e. The number of Topliss-reactive ketones (excluding diaryl/α,β-unsaturated/α-hetero) is 1. The summed E-state index contributed by atoms with van der Waals surface area (Å²) in [6.07, 6.45) is 0. The van der Waals surface area contributed by atoms with Gasteiger partial charge in [-0.1, -0.05) is 0 Å². The molecule has 6 nitrogen and oxygen atoms in total. The van der Waals surface area contributed by atoms with Crippen LogP contribution in [0.15, 0.2) is 29.3 Å². The Kier molecular flexibility index (Phi) is 2.96. The zero-order valence-electron chi connectivity index (χ0n) is 10.0. The Balaban J connectivity index is 2.45. The van der Waals surface area contributed by atoms with E-state index < -0.39 is 10.6 Å². The van der Waals surface area contributed by atoms with Gasteiger partial charge in [0.1, 0.15) is 0 Å². The lowest BCUT2D eigenvalue weighted by molar-refractivity contribution is -0.384. The van der Waals surface area contributed by atoms with Crippen LogP contribution in [0.4, 0.5) is 5.69 Å². The molecule has 0 radical (unpaired) electrons. The summed E-state index contributed by atoms with van der Waals surface area (Å²) in [5.74, 6) is -0.242. The molecule has 0 spiro atoms. The number of non-ortho nitro benzene ring substituents is 1. The van der Waals surface area contributed by atoms with Crippen molar-refractivity contribution >= 4 is 17.2 Å². The van der Waals surface area contributed by atoms with E-state index in [-0.39, 0.29) is 18.1 Å². The Morgan fingerprint density at radius 1 is 1.44 bits per heavy atom. The number of nitro benzene ring substituents is 1. The van der Waals surface area contributed by atoms with Crippen molar-refractivity contribution in [1.82, 2.24) is 0 Å². The predicted octanol–water partition coefficient (Wildman–Crippen LogP) is 1.83. The van der Waals surface area contributed by atoms with Crippen LogP contribution in [-0.4, -0.2) is 23.0 Å². The quantitative estimate of drug-likeness (QED) is 0.603. The molecule has 2 rings (SSSR count). The minimum atomic E-state index is -1.33. The highest BCUT2D eigenvalue weighted by molar-refractivity contribution is 5.94. The Labute approximate surface area is 103 Å². The summed E-state index contributed by atoms with van der Waals surface area (Å²) in [7, 11) is 0. The first kappa shape index (κ1) is 12.4. The van der Waals surface area contributed by atoms with Crippen LogP contribution in [0, 0.1) is 10.1 Å². The smallest absolute Gasteiger partial charge is 0.269 e. The van der Waals surface area contributed by atoms with Crippen LogP contribution < -0.4 is 0 Å². The first-order valence-corrected chi connectivity index (χ1v) is 5.41. The van der Waals surface area contributed by atoms with Crippen molar-refractivity contribution in [2.45, 2.75) is 19.6 Å². The second-order valence-electron chi connectivity index (χ2n) is 4.14. The first-order chi connectivity index (χ1) is 8.45. The van der Waals surface area contributed by atoms with Crippen LogP contribution in [0.1, 0.15) is 19.4 Å². The van der Waals surface area contributed by atoms with Gasteiger partial charge in [0.2, 0.25) is 5.72 Å². The van der Waals surface area contributed by atoms with Gasteiger partial charge in [0, 0.05) is 23.4 Å². The number of hydrogen-bond acceptors (Lipinski definition) is 5. The minimum Gasteiger partial charge on any atom is -0.338 e. The summed E-state index contributed by atoms with van der Waals surface area (Å²) < 4.78 is 5.48. The number of hydrogen-bond donors (Lipinski definition) is 0. The highest BCUT2D eigenvalue weighted by Crippen LogP contribution is 2.33. The monoisotopic (exact) mass is 248 g/mol. The van der Waals surface area contributed by atoms with Gasteiger partial charge >= 0.3 is 0 Å². The molecule has 0 saturated heterocycles. The number of ketones is 1. The second kappa shape index (κ2) is 4.30. The van der Waals surface area contributed by atoms with E-state index in [1.165, 1.54) is 31.2 Å². The van der Waals surface area contributed by atoms with Crippen molar-refractivity contribution in [3.8, 4) is 0 Å². The fourth-order valence-corrected chi connectivity index (χ4v) is 1.88. The fourth-order valence-electron chi connectivity index (χ4n) is 1.88. The molecule has 0 saturated carbocycles. The Bertz CT molecular complexity index is 536. The van der Waals surface area contributed by atoms with E-state index in [9.17, 15) is 14.9 Å². The van der Waals surface area contributed by atoms with E-state index in [0.717, 1.165) is 5.71 Å². The number of nitrogens with zero attached hydrogens (tertiary/aromatic N) is 2. The molecule has 1 aliphatic heterocycles. The molecule has 6 heteroatoms. The number of rotatable bonds is 3. The highest BCUT2D eigenvalue weighted by atomic mass is 16.6. The van der Waals surface area contributed by atoms with Gasteiger partial charge in [0.05, 0.1) is 11.5 Å². The van der Waals surface area contributed by atoms with E-state index in [0.29, 0.717) is 5.56 Å². The molecule has 1 aromatic rings. The maximum absolute atomic E-state index is 11.8. The second-order valence-corrected chi connectivity index (χ2v) is 4.14. The summed E-state index contributed by atoms with van der Waals surface area (Å²) >= 11 is 0. The van der Waals surface area contributed by atoms with Crippen molar-refractivity contribution in [2.24, 2.45) is 4.99 Å². The van der Waals surface area contributed by atoms with Gasteiger partial charge in [-0.05, 0) is 26.0 Å². The van der Waals surface area contributed by atoms with Crippen LogP contribution >= 0.6 is 0 Å². The summed E-state index contributed by atoms with van der Waals surface area (Å²) in [4.78, 5) is 26.1. The lowest BCUT2D eigenvalue weighted by Crippen LogP contribution is -2.32. The van der Waals surface area contributed by atoms with Gasteiger partial charge in [0.15, 0.2) is 5.78 Å². The van der Waals surface area contributed by atoms with E-state index in [1.807, 2.05) is 0 Å². The molecule has 0 amide bonds. The Morgan fingerprint density at radius 2 is 2.06 bits per heavy atom. The lowest BCUT2D eigenvalue weighted by Gasteiger charge is -2.22. The summed E-state index contributed by atoms with van der Waals surface area (Å²) in [6.45, 7) is 3.45. The molecule has 1 aromatic carbocycles. The molecule has 0 N–H and O–H groups in total. The molecule has 0 bridgehead atoms. The van der Waals surface area contributed by atoms with Gasteiger partial charge in [0.25, 0.3) is 5.69 Å². The molecule has 0 aliphatic carbocycles. The molecular weight excluding hydrogens is 236 g/mol. The molecule has 1 atom stereocenters. The molecule has 18 heavy (non-hydrogen) atoms. The summed E-state index contributed by atoms with van der Waals surface area (Å²) in [5.41, 5.74) is -0.128. The summed E-state index contributed by atoms with van der Waals surface area (Å²) in [6, 6.07) is 5.68. The van der Waals surface area contributed by atoms with E-state index >= 15 is 0 Å². The number of nitro groups is 1. The van der Waals surface area contributed by atoms with Gasteiger partial charge in [-0.15, -0.1) is 0 Å². The Morgan fingerprint density at radius 3 is 2.44 bits per heavy atom. The van der Waals surface area contributed by atoms with Crippen molar-refractivity contribution in [3.05, 3.63) is 39.9 Å². The van der Waals surface area contributed by atoms with Crippen molar-refractivity contribution in [3.63, 3.8) is 0 Å². The number of ether oxygens (including phenoxy) is 1. The van der Waals surface area contributed by atoms with E-state index in [4.69, 9.17) is 4.74 Å². The van der Waals surface area contributed by atoms with E-state index in [1.54, 1.807) is 6.92 Å². The van der Waals surface area contributed by atoms with Crippen LogP contribution in [-0.2, 0) is 15.3 Å². The lowest BCUT2D eigenvalue weighted by atomic mass is 9.99. The molecule has 0 aromatic heterocycles. The first-order valence-electron chi connectivity index (χ1n) is 5.41. The number of carbonyl (C=O) groups is 1. The maximum atomic E-state index is 11.8. The zero-order valence-corrected chi connectivity index (χ0v) is 10.0. The van der Waals surface area contributed by atoms with Gasteiger partial charge in [-0.3, -0.25) is 14.9 Å². The van der Waals surface area contributed by atoms with Crippen molar-refractivity contribution < 1.29 is 14.5 Å². The van der Waals surface area contributed by atoms with E-state index in [2.05, 4.69) is 4.99 Å². The van der Waals surface area contributed by atoms with Crippen molar-refractivity contribution in [1.29, 1.82) is 0 Å². The molecule has 94 valence electrons. The zero-order chi connectivity index (χ0) is 13.3. The third-order valence-corrected chi connectivity index (χ3v) is 2.78. The van der Waals surface area contributed by atoms with Gasteiger partial charge < -0.3 is 4.74 Å². The van der Waals surface area contributed by atoms with Crippen LogP contribution in [0.3, 0.4) is 0 Å². The molecule has 1 unspecified atom stereocenters. The maximum Gasteiger partial charge on any atom is 0.269 e. The molecule has 1 aliphatic rings. The van der Waals surface area contributed by atoms with Gasteiger partial charge in [-0.2, -0.15) is 0 Å². The molecular formula is C12H12N2O4. The summed E-state index contributed by atoms with van der Waals surface area (Å²) in [5, 5.41) is 10.6. The van der Waals surface area contributed by atoms with Crippen LogP contribution in [0.2, 0.25) is 0 Å². The number of aliphatic imine (C=N–C) groups is 1. The third-order valence-electron chi connectivity index (χ3n) is 2.78. The molecule has 1 heterocycles. The average molecular weight is 248 g/mol. The fraction of sp³-hybridized carbons (Fsp3) is 0.333. The minimum absolute atomic E-state index is 0.0313. The van der Waals surface area contributed by atoms with Crippen molar-refractivity contribution in [2.75, 3.05) is 6.61 Å². The number of benzene rings is 1. The average Bonchev–Trinajstić information content (AvgIpc) is 2.73. The molecule has 0 fully saturated rings. The third kappa shape index (κ3) is 1.91. The van der Waals surface area contributed by atoms with Crippen LogP contribution in [0.5, 0.6) is 0 Å². The normalized spacial score (nSPS) is 22.7. The van der Waals surface area contributed by atoms with Gasteiger partial charge in [-0.25, -0.2) is 4.99 Å². The van der Waals surface area contributed by atoms with Crippen LogP contribution in [0.25, 0.3) is 0 Å². The highest BCUT2D eigenvalue weighted by Gasteiger charge is 2.42. The SMILES string of the molecule is CC(=O)C1(c2ccc([N+](=O)[O-])cc2)N=C(C)CO1.